The van der Waals surface area contributed by atoms with Crippen molar-refractivity contribution in [2.75, 3.05) is 23.3 Å². The van der Waals surface area contributed by atoms with Crippen LogP contribution in [-0.4, -0.2) is 36.9 Å². The fourth-order valence-corrected chi connectivity index (χ4v) is 4.86. The van der Waals surface area contributed by atoms with E-state index in [1.165, 1.54) is 17.0 Å². The Balaban J connectivity index is 1.79. The van der Waals surface area contributed by atoms with Crippen LogP contribution in [-0.2, 0) is 4.79 Å². The van der Waals surface area contributed by atoms with Gasteiger partial charge in [-0.05, 0) is 55.2 Å². The van der Waals surface area contributed by atoms with Crippen molar-refractivity contribution in [3.63, 3.8) is 0 Å². The largest absolute Gasteiger partial charge is 0.351 e. The highest BCUT2D eigenvalue weighted by Crippen LogP contribution is 2.39. The Hall–Kier alpha value is -3.33. The van der Waals surface area contributed by atoms with Gasteiger partial charge < -0.3 is 21.3 Å². The number of benzene rings is 2. The van der Waals surface area contributed by atoms with Crippen molar-refractivity contribution in [3.8, 4) is 0 Å². The van der Waals surface area contributed by atoms with Gasteiger partial charge >= 0.3 is 0 Å². The number of nitrogens with one attached hydrogen (secondary N) is 2. The maximum Gasteiger partial charge on any atom is 0.258 e. The molecule has 2 aromatic rings. The molecule has 180 valence electrons. The highest BCUT2D eigenvalue weighted by molar-refractivity contribution is 6.12. The summed E-state index contributed by atoms with van der Waals surface area (Å²) in [5.41, 5.74) is 6.49. The van der Waals surface area contributed by atoms with Gasteiger partial charge in [-0.25, -0.2) is 8.78 Å². The molecule has 9 heteroatoms. The van der Waals surface area contributed by atoms with E-state index < -0.39 is 23.6 Å². The molecule has 0 aromatic heterocycles. The van der Waals surface area contributed by atoms with Crippen molar-refractivity contribution < 1.29 is 23.2 Å². The van der Waals surface area contributed by atoms with Gasteiger partial charge in [0.15, 0.2) is 11.6 Å². The first-order chi connectivity index (χ1) is 16.4. The molecule has 1 aliphatic carbocycles. The summed E-state index contributed by atoms with van der Waals surface area (Å²) in [5, 5.41) is 5.51. The lowest BCUT2D eigenvalue weighted by molar-refractivity contribution is -0.116. The Kier molecular flexibility index (Phi) is 7.21. The number of amides is 3. The van der Waals surface area contributed by atoms with Crippen molar-refractivity contribution >= 4 is 29.1 Å². The molecule has 34 heavy (non-hydrogen) atoms. The first-order valence-corrected chi connectivity index (χ1v) is 11.6. The summed E-state index contributed by atoms with van der Waals surface area (Å²) in [5.74, 6) is -3.20. The van der Waals surface area contributed by atoms with Crippen LogP contribution >= 0.6 is 0 Å². The molecular weight excluding hydrogens is 442 g/mol. The Morgan fingerprint density at radius 3 is 2.47 bits per heavy atom. The van der Waals surface area contributed by atoms with E-state index in [0.29, 0.717) is 23.5 Å². The summed E-state index contributed by atoms with van der Waals surface area (Å²) in [7, 11) is 0. The minimum atomic E-state index is -1.11. The number of nitrogens with zero attached hydrogens (tertiary/aromatic N) is 1. The molecule has 7 nitrogen and oxygen atoms in total. The average Bonchev–Trinajstić information content (AvgIpc) is 2.99. The minimum Gasteiger partial charge on any atom is -0.351 e. The van der Waals surface area contributed by atoms with E-state index in [9.17, 15) is 23.2 Å². The molecule has 1 saturated carbocycles. The van der Waals surface area contributed by atoms with Crippen molar-refractivity contribution in [2.24, 2.45) is 11.7 Å². The van der Waals surface area contributed by atoms with E-state index in [4.69, 9.17) is 5.73 Å². The molecule has 2 aromatic carbocycles. The molecule has 0 radical (unpaired) electrons. The number of carbonyl (C=O) groups is 3. The third kappa shape index (κ3) is 4.94. The van der Waals surface area contributed by atoms with Crippen LogP contribution in [0, 0.1) is 17.6 Å². The highest BCUT2D eigenvalue weighted by atomic mass is 19.2. The third-order valence-corrected chi connectivity index (χ3v) is 6.53. The molecular formula is C25H28F2N4O3. The maximum atomic E-state index is 14.0. The van der Waals surface area contributed by atoms with Gasteiger partial charge in [0.25, 0.3) is 11.8 Å². The summed E-state index contributed by atoms with van der Waals surface area (Å²) >= 11 is 0. The minimum absolute atomic E-state index is 0.00947. The molecule has 1 heterocycles. The second-order valence-electron chi connectivity index (χ2n) is 8.80. The Labute approximate surface area is 196 Å². The summed E-state index contributed by atoms with van der Waals surface area (Å²) in [6.45, 7) is 0.583. The zero-order valence-corrected chi connectivity index (χ0v) is 18.8. The van der Waals surface area contributed by atoms with Gasteiger partial charge in [-0.15, -0.1) is 0 Å². The number of halogens is 2. The quantitative estimate of drug-likeness (QED) is 0.621. The molecule has 1 aliphatic heterocycles. The van der Waals surface area contributed by atoms with Gasteiger partial charge in [-0.3, -0.25) is 14.4 Å². The Morgan fingerprint density at radius 1 is 1.03 bits per heavy atom. The van der Waals surface area contributed by atoms with Crippen LogP contribution in [0.3, 0.4) is 0 Å². The van der Waals surface area contributed by atoms with Gasteiger partial charge in [0.1, 0.15) is 0 Å². The summed E-state index contributed by atoms with van der Waals surface area (Å²) in [4.78, 5) is 40.5. The van der Waals surface area contributed by atoms with E-state index in [2.05, 4.69) is 10.6 Å². The van der Waals surface area contributed by atoms with E-state index in [-0.39, 0.29) is 36.3 Å². The lowest BCUT2D eigenvalue weighted by Gasteiger charge is -2.37. The molecule has 0 saturated heterocycles. The first kappa shape index (κ1) is 23.8. The standard InChI is InChI=1S/C25H28F2N4O3/c26-18-8-6-17(12-19(18)27)25(34)31-21-9-7-16(24(33)29-11-10-28)13-20(21)30-23(32)14-22(31)15-4-2-1-3-5-15/h6-9,12-13,15,22H,1-5,10-11,14,28H2,(H,29,33)(H,30,32). The van der Waals surface area contributed by atoms with E-state index in [1.807, 2.05) is 0 Å². The van der Waals surface area contributed by atoms with E-state index in [0.717, 1.165) is 44.2 Å². The van der Waals surface area contributed by atoms with Crippen LogP contribution in [0.15, 0.2) is 36.4 Å². The Bertz CT molecular complexity index is 1100. The molecule has 3 amide bonds. The zero-order chi connectivity index (χ0) is 24.2. The monoisotopic (exact) mass is 470 g/mol. The second kappa shape index (κ2) is 10.3. The first-order valence-electron chi connectivity index (χ1n) is 11.6. The zero-order valence-electron chi connectivity index (χ0n) is 18.8. The average molecular weight is 471 g/mol. The van der Waals surface area contributed by atoms with Gasteiger partial charge in [-0.1, -0.05) is 19.3 Å². The van der Waals surface area contributed by atoms with Gasteiger partial charge in [-0.2, -0.15) is 0 Å². The maximum absolute atomic E-state index is 14.0. The van der Waals surface area contributed by atoms with Crippen molar-refractivity contribution in [1.82, 2.24) is 5.32 Å². The third-order valence-electron chi connectivity index (χ3n) is 6.53. The Morgan fingerprint density at radius 2 is 1.76 bits per heavy atom. The van der Waals surface area contributed by atoms with Crippen molar-refractivity contribution in [2.45, 2.75) is 44.6 Å². The van der Waals surface area contributed by atoms with Crippen LogP contribution in [0.5, 0.6) is 0 Å². The fraction of sp³-hybridized carbons (Fsp3) is 0.400. The van der Waals surface area contributed by atoms with Crippen LogP contribution in [0.1, 0.15) is 59.2 Å². The second-order valence-corrected chi connectivity index (χ2v) is 8.80. The van der Waals surface area contributed by atoms with Crippen LogP contribution in [0.4, 0.5) is 20.2 Å². The number of carbonyl (C=O) groups excluding carboxylic acids is 3. The molecule has 1 unspecified atom stereocenters. The number of fused-ring (bicyclic) bond motifs is 1. The molecule has 1 fully saturated rings. The lowest BCUT2D eigenvalue weighted by Crippen LogP contribution is -2.46. The molecule has 0 spiro atoms. The number of hydrogen-bond donors (Lipinski definition) is 3. The van der Waals surface area contributed by atoms with Gasteiger partial charge in [0.05, 0.1) is 11.4 Å². The van der Waals surface area contributed by atoms with Crippen molar-refractivity contribution in [3.05, 3.63) is 59.2 Å². The fourth-order valence-electron chi connectivity index (χ4n) is 4.86. The number of rotatable bonds is 5. The van der Waals surface area contributed by atoms with E-state index in [1.54, 1.807) is 12.1 Å². The van der Waals surface area contributed by atoms with Crippen molar-refractivity contribution in [1.29, 1.82) is 0 Å². The van der Waals surface area contributed by atoms with Crippen LogP contribution in [0.25, 0.3) is 0 Å². The van der Waals surface area contributed by atoms with Crippen LogP contribution in [0.2, 0.25) is 0 Å². The van der Waals surface area contributed by atoms with E-state index >= 15 is 0 Å². The summed E-state index contributed by atoms with van der Waals surface area (Å²) in [6, 6.07) is 7.31. The SMILES string of the molecule is NCCNC(=O)c1ccc2c(c1)NC(=O)CC(C1CCCCC1)N2C(=O)c1ccc(F)c(F)c1. The normalized spacial score (nSPS) is 18.6. The topological polar surface area (TPSA) is 105 Å². The number of nitrogens with two attached hydrogens (primary N) is 1. The molecule has 4 rings (SSSR count). The smallest absolute Gasteiger partial charge is 0.258 e. The molecule has 2 aliphatic rings. The van der Waals surface area contributed by atoms with Gasteiger partial charge in [0, 0.05) is 36.7 Å². The van der Waals surface area contributed by atoms with Crippen LogP contribution < -0.4 is 21.3 Å². The number of hydrogen-bond acceptors (Lipinski definition) is 4. The lowest BCUT2D eigenvalue weighted by atomic mass is 9.81. The molecule has 1 atom stereocenters. The highest BCUT2D eigenvalue weighted by Gasteiger charge is 2.38. The predicted octanol–water partition coefficient (Wildman–Crippen LogP) is 3.59. The molecule has 4 N–H and O–H groups in total. The number of anilines is 2. The van der Waals surface area contributed by atoms with Gasteiger partial charge in [0.2, 0.25) is 5.91 Å². The predicted molar refractivity (Wildman–Crippen MR) is 125 cm³/mol. The molecule has 0 bridgehead atoms. The summed E-state index contributed by atoms with van der Waals surface area (Å²) in [6.07, 6.45) is 4.92. The summed E-state index contributed by atoms with van der Waals surface area (Å²) < 4.78 is 27.5.